The van der Waals surface area contributed by atoms with Gasteiger partial charge in [0.15, 0.2) is 0 Å². The van der Waals surface area contributed by atoms with Gasteiger partial charge < -0.3 is 5.73 Å². The van der Waals surface area contributed by atoms with Crippen LogP contribution in [0.5, 0.6) is 0 Å². The molecule has 0 saturated heterocycles. The quantitative estimate of drug-likeness (QED) is 0.813. The number of hydrogen-bond donors (Lipinski definition) is 1. The predicted molar refractivity (Wildman–Crippen MR) is 78.8 cm³/mol. The topological polar surface area (TPSA) is 29.3 Å². The molecule has 0 aliphatic heterocycles. The molecule has 0 bridgehead atoms. The summed E-state index contributed by atoms with van der Waals surface area (Å²) in [5.74, 6) is 0. The van der Waals surface area contributed by atoms with E-state index in [-0.39, 0.29) is 0 Å². The molecule has 1 rings (SSSR count). The summed E-state index contributed by atoms with van der Waals surface area (Å²) in [5, 5.41) is 1.44. The van der Waals surface area contributed by atoms with Crippen LogP contribution in [-0.4, -0.2) is 23.0 Å². The molecule has 0 fully saturated rings. The number of nitrogens with zero attached hydrogens (tertiary/aromatic N) is 1. The van der Waals surface area contributed by atoms with Crippen LogP contribution in [0.15, 0.2) is 18.2 Å². The molecular weight excluding hydrogens is 275 g/mol. The Kier molecular flexibility index (Phi) is 6.20. The average molecular weight is 291 g/mol. The Balaban J connectivity index is 2.66. The fourth-order valence-corrected chi connectivity index (χ4v) is 1.99. The maximum absolute atomic E-state index is 6.12. The number of benzene rings is 1. The lowest BCUT2D eigenvalue weighted by molar-refractivity contribution is 0.289. The molecule has 0 aliphatic rings. The number of thiocarbonyl (C=S) groups is 1. The van der Waals surface area contributed by atoms with Gasteiger partial charge in [0, 0.05) is 29.6 Å². The lowest BCUT2D eigenvalue weighted by Gasteiger charge is -2.20. The summed E-state index contributed by atoms with van der Waals surface area (Å²) < 4.78 is 0. The Morgan fingerprint density at radius 1 is 1.41 bits per heavy atom. The van der Waals surface area contributed by atoms with Gasteiger partial charge in [-0.25, -0.2) is 0 Å². The van der Waals surface area contributed by atoms with Crippen LogP contribution in [-0.2, 0) is 6.54 Å². The second kappa shape index (κ2) is 7.17. The van der Waals surface area contributed by atoms with Crippen molar-refractivity contribution in [2.75, 3.05) is 13.1 Å². The van der Waals surface area contributed by atoms with Crippen LogP contribution in [0.3, 0.4) is 0 Å². The van der Waals surface area contributed by atoms with Gasteiger partial charge in [-0.05, 0) is 30.3 Å². The largest absolute Gasteiger partial charge is 0.393 e. The van der Waals surface area contributed by atoms with E-state index < -0.39 is 0 Å². The van der Waals surface area contributed by atoms with Crippen molar-refractivity contribution < 1.29 is 0 Å². The highest BCUT2D eigenvalue weighted by molar-refractivity contribution is 7.80. The van der Waals surface area contributed by atoms with Crippen molar-refractivity contribution in [3.63, 3.8) is 0 Å². The second-order valence-electron chi connectivity index (χ2n) is 3.82. The Hall–Kier alpha value is -0.350. The van der Waals surface area contributed by atoms with Gasteiger partial charge >= 0.3 is 0 Å². The third-order valence-electron chi connectivity index (χ3n) is 2.52. The normalized spacial score (nSPS) is 10.8. The van der Waals surface area contributed by atoms with Gasteiger partial charge in [-0.3, -0.25) is 4.90 Å². The van der Waals surface area contributed by atoms with Crippen LogP contribution >= 0.6 is 35.4 Å². The smallest absolute Gasteiger partial charge is 0.0740 e. The van der Waals surface area contributed by atoms with Crippen LogP contribution in [0.4, 0.5) is 0 Å². The molecule has 0 heterocycles. The summed E-state index contributed by atoms with van der Waals surface area (Å²) in [5.41, 5.74) is 6.53. The molecule has 0 aliphatic carbocycles. The first kappa shape index (κ1) is 14.7. The van der Waals surface area contributed by atoms with Crippen molar-refractivity contribution in [2.45, 2.75) is 19.9 Å². The van der Waals surface area contributed by atoms with Gasteiger partial charge in [-0.2, -0.15) is 0 Å². The highest BCUT2D eigenvalue weighted by Crippen LogP contribution is 2.22. The number of halogens is 2. The second-order valence-corrected chi connectivity index (χ2v) is 5.19. The van der Waals surface area contributed by atoms with Crippen molar-refractivity contribution in [3.05, 3.63) is 33.8 Å². The van der Waals surface area contributed by atoms with Crippen molar-refractivity contribution in [3.8, 4) is 0 Å². The average Bonchev–Trinajstić information content (AvgIpc) is 2.28. The van der Waals surface area contributed by atoms with Gasteiger partial charge in [0.2, 0.25) is 0 Å². The monoisotopic (exact) mass is 290 g/mol. The van der Waals surface area contributed by atoms with Crippen molar-refractivity contribution in [1.29, 1.82) is 0 Å². The van der Waals surface area contributed by atoms with Gasteiger partial charge in [-0.1, -0.05) is 42.3 Å². The van der Waals surface area contributed by atoms with Crippen molar-refractivity contribution >= 4 is 40.4 Å². The van der Waals surface area contributed by atoms with E-state index in [1.54, 1.807) is 6.07 Å². The van der Waals surface area contributed by atoms with Gasteiger partial charge in [0.05, 0.1) is 4.99 Å². The molecule has 2 N–H and O–H groups in total. The summed E-state index contributed by atoms with van der Waals surface area (Å²) in [7, 11) is 0. The molecule has 0 aromatic heterocycles. The standard InChI is InChI=1S/C12H16Cl2N2S/c1-2-16(6-5-12(15)17)8-9-7-10(13)3-4-11(9)14/h3-4,7H,2,5-6,8H2,1H3,(H2,15,17). The fourth-order valence-electron chi connectivity index (χ4n) is 1.52. The van der Waals surface area contributed by atoms with E-state index in [0.717, 1.165) is 36.6 Å². The van der Waals surface area contributed by atoms with Gasteiger partial charge in [0.25, 0.3) is 0 Å². The minimum absolute atomic E-state index is 0.542. The minimum Gasteiger partial charge on any atom is -0.393 e. The maximum Gasteiger partial charge on any atom is 0.0740 e. The summed E-state index contributed by atoms with van der Waals surface area (Å²) in [4.78, 5) is 2.78. The first-order valence-corrected chi connectivity index (χ1v) is 6.64. The number of rotatable bonds is 6. The van der Waals surface area contributed by atoms with Crippen LogP contribution in [0, 0.1) is 0 Å². The summed E-state index contributed by atoms with van der Waals surface area (Å²) in [6.45, 7) is 4.62. The molecule has 0 atom stereocenters. The lowest BCUT2D eigenvalue weighted by atomic mass is 10.2. The third kappa shape index (κ3) is 5.21. The lowest BCUT2D eigenvalue weighted by Crippen LogP contribution is -2.27. The van der Waals surface area contributed by atoms with E-state index in [2.05, 4.69) is 11.8 Å². The zero-order chi connectivity index (χ0) is 12.8. The number of hydrogen-bond acceptors (Lipinski definition) is 2. The molecule has 5 heteroatoms. The molecule has 1 aromatic rings. The molecule has 0 spiro atoms. The van der Waals surface area contributed by atoms with E-state index in [1.165, 1.54) is 0 Å². The molecule has 0 amide bonds. The molecule has 0 unspecified atom stereocenters. The van der Waals surface area contributed by atoms with E-state index >= 15 is 0 Å². The maximum atomic E-state index is 6.12. The van der Waals surface area contributed by atoms with Crippen LogP contribution in [0.1, 0.15) is 18.9 Å². The first-order valence-electron chi connectivity index (χ1n) is 5.47. The summed E-state index contributed by atoms with van der Waals surface area (Å²) in [6, 6.07) is 5.51. The summed E-state index contributed by atoms with van der Waals surface area (Å²) >= 11 is 17.0. The van der Waals surface area contributed by atoms with E-state index in [4.69, 9.17) is 41.2 Å². The molecule has 94 valence electrons. The Labute approximate surface area is 118 Å². The van der Waals surface area contributed by atoms with Crippen LogP contribution < -0.4 is 5.73 Å². The summed E-state index contributed by atoms with van der Waals surface area (Å²) in [6.07, 6.45) is 0.724. The highest BCUT2D eigenvalue weighted by atomic mass is 35.5. The Morgan fingerprint density at radius 2 is 2.12 bits per heavy atom. The Morgan fingerprint density at radius 3 is 2.71 bits per heavy atom. The molecule has 0 saturated carbocycles. The van der Waals surface area contributed by atoms with E-state index in [1.807, 2.05) is 12.1 Å². The molecule has 1 aromatic carbocycles. The van der Waals surface area contributed by atoms with E-state index in [9.17, 15) is 0 Å². The van der Waals surface area contributed by atoms with Gasteiger partial charge in [-0.15, -0.1) is 0 Å². The number of nitrogens with two attached hydrogens (primary N) is 1. The van der Waals surface area contributed by atoms with Gasteiger partial charge in [0.1, 0.15) is 0 Å². The first-order chi connectivity index (χ1) is 8.02. The van der Waals surface area contributed by atoms with E-state index in [0.29, 0.717) is 10.0 Å². The highest BCUT2D eigenvalue weighted by Gasteiger charge is 2.08. The third-order valence-corrected chi connectivity index (χ3v) is 3.33. The van der Waals surface area contributed by atoms with Crippen molar-refractivity contribution in [1.82, 2.24) is 4.90 Å². The molecule has 0 radical (unpaired) electrons. The SMILES string of the molecule is CCN(CCC(N)=S)Cc1cc(Cl)ccc1Cl. The zero-order valence-electron chi connectivity index (χ0n) is 9.75. The minimum atomic E-state index is 0.542. The predicted octanol–water partition coefficient (Wildman–Crippen LogP) is 3.49. The van der Waals surface area contributed by atoms with Crippen molar-refractivity contribution in [2.24, 2.45) is 5.73 Å². The van der Waals surface area contributed by atoms with Crippen LogP contribution in [0.2, 0.25) is 10.0 Å². The Bertz CT molecular complexity index is 396. The molecule has 17 heavy (non-hydrogen) atoms. The zero-order valence-corrected chi connectivity index (χ0v) is 12.1. The van der Waals surface area contributed by atoms with Crippen LogP contribution in [0.25, 0.3) is 0 Å². The molecular formula is C12H16Cl2N2S. The molecule has 2 nitrogen and oxygen atoms in total. The fraction of sp³-hybridized carbons (Fsp3) is 0.417.